The molecule has 0 bridgehead atoms. The Morgan fingerprint density at radius 3 is 2.06 bits per heavy atom. The summed E-state index contributed by atoms with van der Waals surface area (Å²) in [7, 11) is 1.58. The molecule has 0 saturated carbocycles. The third-order valence-corrected chi connectivity index (χ3v) is 8.16. The third kappa shape index (κ3) is 2.43. The molecule has 1 aliphatic rings. The fourth-order valence-corrected chi connectivity index (χ4v) is 7.32. The van der Waals surface area contributed by atoms with Crippen LogP contribution in [0.3, 0.4) is 0 Å². The SMILES string of the molecule is N#CC1=N[Te](Sc2ccccc2)N=C1C#N. The van der Waals surface area contributed by atoms with Crippen LogP contribution in [0.15, 0.2) is 41.7 Å². The van der Waals surface area contributed by atoms with E-state index in [2.05, 4.69) is 6.49 Å². The number of hydrogen-bond donors (Lipinski definition) is 0. The van der Waals surface area contributed by atoms with E-state index in [0.29, 0.717) is 0 Å². The summed E-state index contributed by atoms with van der Waals surface area (Å²) in [5.74, 6) is 0. The molecule has 0 N–H and O–H groups in total. The maximum absolute atomic E-state index is 8.76. The van der Waals surface area contributed by atoms with Crippen LogP contribution in [0.25, 0.3) is 0 Å². The zero-order valence-electron chi connectivity index (χ0n) is 7.99. The first-order chi connectivity index (χ1) is 7.83. The topological polar surface area (TPSA) is 72.3 Å². The second-order valence-corrected chi connectivity index (χ2v) is 9.15. The van der Waals surface area contributed by atoms with Gasteiger partial charge in [-0.25, -0.2) is 0 Å². The molecule has 0 fully saturated rings. The molecule has 0 aliphatic carbocycles. The van der Waals surface area contributed by atoms with Crippen LogP contribution in [-0.2, 0) is 0 Å². The van der Waals surface area contributed by atoms with Crippen LogP contribution in [0.5, 0.6) is 0 Å². The predicted molar refractivity (Wildman–Crippen MR) is 64.1 cm³/mol. The summed E-state index contributed by atoms with van der Waals surface area (Å²) in [5, 5.41) is 17.5. The molecule has 1 aliphatic heterocycles. The quantitative estimate of drug-likeness (QED) is 0.769. The Kier molecular flexibility index (Phi) is 3.59. The van der Waals surface area contributed by atoms with Crippen LogP contribution in [0.2, 0.25) is 0 Å². The summed E-state index contributed by atoms with van der Waals surface area (Å²) in [4.78, 5) is 1.09. The van der Waals surface area contributed by atoms with Gasteiger partial charge in [-0.3, -0.25) is 0 Å². The van der Waals surface area contributed by atoms with Crippen LogP contribution in [0.1, 0.15) is 0 Å². The van der Waals surface area contributed by atoms with Gasteiger partial charge in [0.15, 0.2) is 0 Å². The van der Waals surface area contributed by atoms with Crippen molar-refractivity contribution in [3.05, 3.63) is 30.3 Å². The van der Waals surface area contributed by atoms with Gasteiger partial charge in [0, 0.05) is 0 Å². The van der Waals surface area contributed by atoms with Crippen LogP contribution in [-0.4, -0.2) is 30.1 Å². The van der Waals surface area contributed by atoms with Gasteiger partial charge in [-0.1, -0.05) is 0 Å². The Labute approximate surface area is 103 Å². The molecule has 1 radical (unpaired) electrons. The van der Waals surface area contributed by atoms with Crippen LogP contribution >= 0.6 is 8.99 Å². The van der Waals surface area contributed by atoms with Gasteiger partial charge in [-0.05, 0) is 0 Å². The van der Waals surface area contributed by atoms with Crippen molar-refractivity contribution in [2.45, 2.75) is 4.90 Å². The van der Waals surface area contributed by atoms with E-state index in [0.717, 1.165) is 4.90 Å². The van der Waals surface area contributed by atoms with Gasteiger partial charge in [0.05, 0.1) is 0 Å². The van der Waals surface area contributed by atoms with E-state index < -0.39 is 18.7 Å². The van der Waals surface area contributed by atoms with Gasteiger partial charge >= 0.3 is 104 Å². The third-order valence-electron chi connectivity index (χ3n) is 1.69. The second-order valence-electron chi connectivity index (χ2n) is 2.73. The Bertz CT molecular complexity index is 508. The standard InChI is InChI=1S/C10H5N4STe/c11-6-9-10(7-12)14-16(13-9)15-8-4-2-1-3-5-8/h1-5H. The summed E-state index contributed by atoms with van der Waals surface area (Å²) < 4.78 is 8.43. The van der Waals surface area contributed by atoms with Crippen molar-refractivity contribution in [2.75, 3.05) is 0 Å². The molecule has 0 amide bonds. The summed E-state index contributed by atoms with van der Waals surface area (Å²) in [6.45, 7) is 0. The molecule has 1 heterocycles. The van der Waals surface area contributed by atoms with Crippen molar-refractivity contribution in [3.63, 3.8) is 0 Å². The van der Waals surface area contributed by atoms with Crippen molar-refractivity contribution in [2.24, 2.45) is 6.49 Å². The molecule has 0 atom stereocenters. The number of benzene rings is 1. The molecule has 1 aromatic carbocycles. The fraction of sp³-hybridized carbons (Fsp3) is 0. The molecular formula is C10H5N4STe. The van der Waals surface area contributed by atoms with E-state index in [1.807, 2.05) is 42.5 Å². The average Bonchev–Trinajstić information content (AvgIpc) is 2.72. The molecule has 4 nitrogen and oxygen atoms in total. The fourth-order valence-electron chi connectivity index (χ4n) is 1.01. The van der Waals surface area contributed by atoms with E-state index in [9.17, 15) is 0 Å². The molecule has 0 spiro atoms. The van der Waals surface area contributed by atoms with Gasteiger partial charge in [-0.15, -0.1) is 0 Å². The number of nitrogens with zero attached hydrogens (tertiary/aromatic N) is 4. The van der Waals surface area contributed by atoms with Crippen molar-refractivity contribution in [1.82, 2.24) is 0 Å². The number of rotatable bonds is 2. The van der Waals surface area contributed by atoms with Crippen molar-refractivity contribution in [1.29, 1.82) is 10.5 Å². The van der Waals surface area contributed by atoms with Gasteiger partial charge in [-0.2, -0.15) is 0 Å². The van der Waals surface area contributed by atoms with Crippen molar-refractivity contribution < 1.29 is 0 Å². The Hall–Kier alpha value is -1.32. The van der Waals surface area contributed by atoms with Gasteiger partial charge in [0.25, 0.3) is 0 Å². The minimum absolute atomic E-state index is 0.197. The van der Waals surface area contributed by atoms with Gasteiger partial charge in [0.2, 0.25) is 0 Å². The minimum atomic E-state index is -2.12. The first kappa shape index (κ1) is 11.2. The molecule has 16 heavy (non-hydrogen) atoms. The van der Waals surface area contributed by atoms with E-state index in [1.165, 1.54) is 0 Å². The molecule has 6 heteroatoms. The zero-order valence-corrected chi connectivity index (χ0v) is 11.1. The molecule has 0 aromatic heterocycles. The monoisotopic (exact) mass is 343 g/mol. The van der Waals surface area contributed by atoms with Crippen LogP contribution in [0.4, 0.5) is 0 Å². The predicted octanol–water partition coefficient (Wildman–Crippen LogP) is 1.71. The van der Waals surface area contributed by atoms with Crippen molar-refractivity contribution >= 4 is 39.1 Å². The molecule has 77 valence electrons. The molecular weight excluding hydrogens is 336 g/mol. The molecule has 0 saturated heterocycles. The van der Waals surface area contributed by atoms with Crippen LogP contribution < -0.4 is 0 Å². The van der Waals surface area contributed by atoms with Crippen molar-refractivity contribution in [3.8, 4) is 12.1 Å². The summed E-state index contributed by atoms with van der Waals surface area (Å²) in [6, 6.07) is 13.6. The number of nitriles is 2. The van der Waals surface area contributed by atoms with Gasteiger partial charge < -0.3 is 0 Å². The first-order valence-electron chi connectivity index (χ1n) is 4.29. The number of hydrogen-bond acceptors (Lipinski definition) is 5. The summed E-state index contributed by atoms with van der Waals surface area (Å²) in [6.07, 6.45) is 0. The molecule has 0 unspecified atom stereocenters. The van der Waals surface area contributed by atoms with E-state index in [4.69, 9.17) is 10.5 Å². The second kappa shape index (κ2) is 5.14. The van der Waals surface area contributed by atoms with E-state index in [-0.39, 0.29) is 11.4 Å². The molecule has 2 rings (SSSR count). The summed E-state index contributed by atoms with van der Waals surface area (Å²) in [5.41, 5.74) is 0.394. The average molecular weight is 341 g/mol. The molecule has 1 aromatic rings. The van der Waals surface area contributed by atoms with Gasteiger partial charge in [0.1, 0.15) is 0 Å². The Balaban J connectivity index is 2.16. The van der Waals surface area contributed by atoms with E-state index in [1.54, 1.807) is 8.99 Å². The Morgan fingerprint density at radius 2 is 1.56 bits per heavy atom. The van der Waals surface area contributed by atoms with E-state index >= 15 is 0 Å². The van der Waals surface area contributed by atoms with Crippen LogP contribution in [0, 0.1) is 22.7 Å². The normalized spacial score (nSPS) is 14.9. The zero-order chi connectivity index (χ0) is 11.4. The Morgan fingerprint density at radius 1 is 1.00 bits per heavy atom. The first-order valence-corrected chi connectivity index (χ1v) is 9.97. The summed E-state index contributed by atoms with van der Waals surface area (Å²) >= 11 is -2.12. The maximum atomic E-state index is 8.76.